The number of nitrogens with one attached hydrogen (secondary N) is 1. The molecule has 2 aromatic carbocycles. The number of hydrogen-bond acceptors (Lipinski definition) is 4. The summed E-state index contributed by atoms with van der Waals surface area (Å²) in [6.45, 7) is 3.87. The van der Waals surface area contributed by atoms with Crippen LogP contribution in [0.15, 0.2) is 60.9 Å². The van der Waals surface area contributed by atoms with E-state index in [0.29, 0.717) is 24.5 Å². The fourth-order valence-electron chi connectivity index (χ4n) is 3.40. The lowest BCUT2D eigenvalue weighted by atomic mass is 10.1. The zero-order valence-electron chi connectivity index (χ0n) is 16.6. The lowest BCUT2D eigenvalue weighted by molar-refractivity contribution is -0.137. The Morgan fingerprint density at radius 1 is 1.10 bits per heavy atom. The molecule has 0 unspecified atom stereocenters. The average molecular weight is 430 g/mol. The van der Waals surface area contributed by atoms with Crippen LogP contribution < -0.4 is 5.32 Å². The summed E-state index contributed by atoms with van der Waals surface area (Å²) in [6.07, 6.45) is -1.42. The minimum absolute atomic E-state index is 0.0286. The number of benzene rings is 2. The Morgan fingerprint density at radius 3 is 2.48 bits per heavy atom. The number of carbonyl (C=O) groups is 1. The molecule has 4 rings (SSSR count). The molecule has 31 heavy (non-hydrogen) atoms. The van der Waals surface area contributed by atoms with Gasteiger partial charge in [0.2, 0.25) is 0 Å². The third-order valence-corrected chi connectivity index (χ3v) is 5.05. The molecule has 9 heteroatoms. The Balaban J connectivity index is 1.53. The van der Waals surface area contributed by atoms with Crippen LogP contribution in [0.4, 0.5) is 18.9 Å². The molecule has 1 fully saturated rings. The molecule has 0 saturated carbocycles. The summed E-state index contributed by atoms with van der Waals surface area (Å²) in [4.78, 5) is 15.0. The normalized spacial score (nSPS) is 15.1. The number of anilines is 1. The maximum absolute atomic E-state index is 13.2. The molecule has 6 nitrogen and oxygen atoms in total. The highest BCUT2D eigenvalue weighted by atomic mass is 19.4. The highest BCUT2D eigenvalue weighted by Crippen LogP contribution is 2.33. The van der Waals surface area contributed by atoms with Gasteiger partial charge in [0.25, 0.3) is 5.91 Å². The number of rotatable bonds is 5. The summed E-state index contributed by atoms with van der Waals surface area (Å²) >= 11 is 0. The molecule has 1 aromatic heterocycles. The van der Waals surface area contributed by atoms with Gasteiger partial charge in [0.15, 0.2) is 0 Å². The lowest BCUT2D eigenvalue weighted by Crippen LogP contribution is -2.35. The van der Waals surface area contributed by atoms with Crippen LogP contribution >= 0.6 is 0 Å². The van der Waals surface area contributed by atoms with E-state index in [1.54, 1.807) is 24.4 Å². The molecule has 162 valence electrons. The molecular formula is C22H21F3N4O2. The number of morpholine rings is 1. The monoisotopic (exact) mass is 430 g/mol. The Hall–Kier alpha value is -3.17. The van der Waals surface area contributed by atoms with E-state index in [4.69, 9.17) is 4.74 Å². The van der Waals surface area contributed by atoms with Gasteiger partial charge in [0, 0.05) is 37.6 Å². The van der Waals surface area contributed by atoms with Gasteiger partial charge in [-0.2, -0.15) is 18.3 Å². The van der Waals surface area contributed by atoms with Gasteiger partial charge in [-0.3, -0.25) is 9.69 Å². The van der Waals surface area contributed by atoms with Crippen molar-refractivity contribution in [3.05, 3.63) is 77.6 Å². The van der Waals surface area contributed by atoms with Gasteiger partial charge >= 0.3 is 6.18 Å². The number of carbonyl (C=O) groups excluding carboxylic acids is 1. The Bertz CT molecular complexity index is 1030. The highest BCUT2D eigenvalue weighted by Gasteiger charge is 2.31. The SMILES string of the molecule is O=C(Nc1cc(C(F)(F)F)ccc1-n1cccn1)c1ccc(CN2CCOCC2)cc1. The van der Waals surface area contributed by atoms with Crippen molar-refractivity contribution in [2.45, 2.75) is 12.7 Å². The van der Waals surface area contributed by atoms with Crippen LogP contribution in [-0.4, -0.2) is 46.9 Å². The van der Waals surface area contributed by atoms with Gasteiger partial charge in [-0.1, -0.05) is 12.1 Å². The third kappa shape index (κ3) is 5.12. The first-order chi connectivity index (χ1) is 14.9. The predicted molar refractivity (Wildman–Crippen MR) is 109 cm³/mol. The van der Waals surface area contributed by atoms with E-state index in [2.05, 4.69) is 15.3 Å². The molecule has 1 aliphatic rings. The first-order valence-electron chi connectivity index (χ1n) is 9.82. The van der Waals surface area contributed by atoms with Crippen LogP contribution in [0.5, 0.6) is 0 Å². The molecule has 1 aliphatic heterocycles. The molecule has 0 bridgehead atoms. The number of aromatic nitrogens is 2. The Kier molecular flexibility index (Phi) is 6.06. The minimum atomic E-state index is -4.52. The molecule has 1 saturated heterocycles. The second kappa shape index (κ2) is 8.91. The number of ether oxygens (including phenoxy) is 1. The topological polar surface area (TPSA) is 59.4 Å². The summed E-state index contributed by atoms with van der Waals surface area (Å²) in [6, 6.07) is 11.9. The quantitative estimate of drug-likeness (QED) is 0.666. The molecule has 0 atom stereocenters. The standard InChI is InChI=1S/C22H21F3N4O2/c23-22(24,25)18-6-7-20(29-9-1-8-26-29)19(14-18)27-21(30)17-4-2-16(3-5-17)15-28-10-12-31-13-11-28/h1-9,14H,10-13,15H2,(H,27,30). The van der Waals surface area contributed by atoms with Crippen LogP contribution in [0.1, 0.15) is 21.5 Å². The molecule has 1 amide bonds. The maximum Gasteiger partial charge on any atom is 0.416 e. The van der Waals surface area contributed by atoms with Crippen LogP contribution in [-0.2, 0) is 17.5 Å². The largest absolute Gasteiger partial charge is 0.416 e. The van der Waals surface area contributed by atoms with Crippen molar-refractivity contribution in [1.82, 2.24) is 14.7 Å². The second-order valence-corrected chi connectivity index (χ2v) is 7.22. The number of hydrogen-bond donors (Lipinski definition) is 1. The van der Waals surface area contributed by atoms with Crippen molar-refractivity contribution in [2.24, 2.45) is 0 Å². The molecule has 3 aromatic rings. The van der Waals surface area contributed by atoms with Gasteiger partial charge < -0.3 is 10.1 Å². The number of nitrogens with zero attached hydrogens (tertiary/aromatic N) is 3. The van der Waals surface area contributed by atoms with E-state index in [1.807, 2.05) is 12.1 Å². The first kappa shape index (κ1) is 21.1. The van der Waals surface area contributed by atoms with E-state index in [0.717, 1.165) is 37.3 Å². The lowest BCUT2D eigenvalue weighted by Gasteiger charge is -2.26. The highest BCUT2D eigenvalue weighted by molar-refractivity contribution is 6.05. The minimum Gasteiger partial charge on any atom is -0.379 e. The van der Waals surface area contributed by atoms with Crippen molar-refractivity contribution >= 4 is 11.6 Å². The van der Waals surface area contributed by atoms with E-state index >= 15 is 0 Å². The molecule has 1 N–H and O–H groups in total. The zero-order chi connectivity index (χ0) is 21.8. The van der Waals surface area contributed by atoms with Crippen molar-refractivity contribution < 1.29 is 22.7 Å². The van der Waals surface area contributed by atoms with Crippen LogP contribution in [0.25, 0.3) is 5.69 Å². The molecular weight excluding hydrogens is 409 g/mol. The van der Waals surface area contributed by atoms with Crippen molar-refractivity contribution in [3.8, 4) is 5.69 Å². The summed E-state index contributed by atoms with van der Waals surface area (Å²) in [7, 11) is 0. The van der Waals surface area contributed by atoms with Crippen molar-refractivity contribution in [1.29, 1.82) is 0 Å². The van der Waals surface area contributed by atoms with Gasteiger partial charge in [-0.25, -0.2) is 4.68 Å². The summed E-state index contributed by atoms with van der Waals surface area (Å²) in [5.41, 5.74) is 0.931. The number of alkyl halides is 3. The van der Waals surface area contributed by atoms with E-state index in [9.17, 15) is 18.0 Å². The van der Waals surface area contributed by atoms with Crippen LogP contribution in [0.3, 0.4) is 0 Å². The maximum atomic E-state index is 13.2. The van der Waals surface area contributed by atoms with Crippen LogP contribution in [0.2, 0.25) is 0 Å². The summed E-state index contributed by atoms with van der Waals surface area (Å²) in [5.74, 6) is -0.495. The third-order valence-electron chi connectivity index (χ3n) is 5.05. The fourth-order valence-corrected chi connectivity index (χ4v) is 3.40. The summed E-state index contributed by atoms with van der Waals surface area (Å²) < 4.78 is 46.3. The smallest absolute Gasteiger partial charge is 0.379 e. The average Bonchev–Trinajstić information content (AvgIpc) is 3.29. The van der Waals surface area contributed by atoms with Crippen molar-refractivity contribution in [3.63, 3.8) is 0 Å². The van der Waals surface area contributed by atoms with E-state index in [-0.39, 0.29) is 5.69 Å². The zero-order valence-corrected chi connectivity index (χ0v) is 16.6. The van der Waals surface area contributed by atoms with E-state index < -0.39 is 17.6 Å². The molecule has 0 radical (unpaired) electrons. The van der Waals surface area contributed by atoms with Gasteiger partial charge in [-0.15, -0.1) is 0 Å². The van der Waals surface area contributed by atoms with Crippen molar-refractivity contribution in [2.75, 3.05) is 31.6 Å². The first-order valence-corrected chi connectivity index (χ1v) is 9.82. The van der Waals surface area contributed by atoms with Gasteiger partial charge in [0.05, 0.1) is 30.2 Å². The Labute approximate surface area is 177 Å². The summed E-state index contributed by atoms with van der Waals surface area (Å²) in [5, 5.41) is 6.66. The van der Waals surface area contributed by atoms with Gasteiger partial charge in [-0.05, 0) is 42.0 Å². The number of halogens is 3. The van der Waals surface area contributed by atoms with E-state index in [1.165, 1.54) is 16.9 Å². The molecule has 0 aliphatic carbocycles. The fraction of sp³-hybridized carbons (Fsp3) is 0.273. The Morgan fingerprint density at radius 2 is 1.84 bits per heavy atom. The molecule has 2 heterocycles. The predicted octanol–water partition coefficient (Wildman–Crippen LogP) is 3.98. The van der Waals surface area contributed by atoms with Gasteiger partial charge in [0.1, 0.15) is 0 Å². The number of amides is 1. The molecule has 0 spiro atoms. The second-order valence-electron chi connectivity index (χ2n) is 7.22. The van der Waals surface area contributed by atoms with Crippen LogP contribution in [0, 0.1) is 0 Å².